The molecule has 1 saturated heterocycles. The first-order chi connectivity index (χ1) is 12.0. The number of nitrogens with one attached hydrogen (secondary N) is 1. The predicted octanol–water partition coefficient (Wildman–Crippen LogP) is -0.243. The van der Waals surface area contributed by atoms with Crippen molar-refractivity contribution in [1.29, 1.82) is 5.26 Å². The first-order valence-corrected chi connectivity index (χ1v) is 7.88. The van der Waals surface area contributed by atoms with Gasteiger partial charge in [-0.3, -0.25) is 0 Å². The molecule has 0 aliphatic carbocycles. The summed E-state index contributed by atoms with van der Waals surface area (Å²) in [4.78, 5) is 3.11. The van der Waals surface area contributed by atoms with Gasteiger partial charge < -0.3 is 34.9 Å². The summed E-state index contributed by atoms with van der Waals surface area (Å²) >= 11 is 0. The topological polar surface area (TPSA) is 139 Å². The SMILES string of the molecule is COc1cccc2[nH]c([C@@H]3O[C@H](CO)[C@@H](O)[C@H](O)[C@H]3O)c(CC#N)c12. The van der Waals surface area contributed by atoms with Crippen LogP contribution in [0, 0.1) is 11.3 Å². The van der Waals surface area contributed by atoms with E-state index in [-0.39, 0.29) is 6.42 Å². The molecule has 1 aliphatic rings. The van der Waals surface area contributed by atoms with E-state index in [1.165, 1.54) is 7.11 Å². The number of nitriles is 1. The van der Waals surface area contributed by atoms with Gasteiger partial charge in [0.2, 0.25) is 0 Å². The summed E-state index contributed by atoms with van der Waals surface area (Å²) in [6.07, 6.45) is -6.37. The van der Waals surface area contributed by atoms with E-state index >= 15 is 0 Å². The smallest absolute Gasteiger partial charge is 0.128 e. The summed E-state index contributed by atoms with van der Waals surface area (Å²) in [5.41, 5.74) is 1.69. The van der Waals surface area contributed by atoms with Crippen LogP contribution in [0.2, 0.25) is 0 Å². The van der Waals surface area contributed by atoms with Gasteiger partial charge in [-0.25, -0.2) is 0 Å². The maximum absolute atomic E-state index is 10.4. The van der Waals surface area contributed by atoms with Gasteiger partial charge in [0.05, 0.1) is 31.9 Å². The monoisotopic (exact) mass is 348 g/mol. The lowest BCUT2D eigenvalue weighted by atomic mass is 9.91. The quantitative estimate of drug-likeness (QED) is 0.514. The number of H-pyrrole nitrogens is 1. The number of aromatic amines is 1. The molecule has 1 aliphatic heterocycles. The molecule has 2 heterocycles. The molecule has 8 heteroatoms. The van der Waals surface area contributed by atoms with E-state index in [9.17, 15) is 25.7 Å². The average molecular weight is 348 g/mol. The van der Waals surface area contributed by atoms with Crippen LogP contribution in [0.1, 0.15) is 17.4 Å². The molecule has 2 aromatic rings. The van der Waals surface area contributed by atoms with Crippen molar-refractivity contribution in [1.82, 2.24) is 4.98 Å². The molecule has 5 atom stereocenters. The summed E-state index contributed by atoms with van der Waals surface area (Å²) in [6, 6.07) is 7.42. The number of aliphatic hydroxyl groups is 4. The van der Waals surface area contributed by atoms with Crippen molar-refractivity contribution in [3.63, 3.8) is 0 Å². The zero-order valence-electron chi connectivity index (χ0n) is 13.6. The molecule has 1 fully saturated rings. The second kappa shape index (κ2) is 7.00. The molecule has 1 aromatic heterocycles. The van der Waals surface area contributed by atoms with Crippen LogP contribution in [0.4, 0.5) is 0 Å². The Morgan fingerprint density at radius 3 is 2.64 bits per heavy atom. The molecule has 0 amide bonds. The number of methoxy groups -OCH3 is 1. The maximum atomic E-state index is 10.4. The van der Waals surface area contributed by atoms with Crippen molar-refractivity contribution < 1.29 is 29.9 Å². The number of hydrogen-bond acceptors (Lipinski definition) is 7. The van der Waals surface area contributed by atoms with Crippen molar-refractivity contribution in [3.8, 4) is 11.8 Å². The molecule has 134 valence electrons. The Bertz CT molecular complexity index is 796. The van der Waals surface area contributed by atoms with Crippen molar-refractivity contribution in [3.05, 3.63) is 29.5 Å². The Labute approximate surface area is 143 Å². The van der Waals surface area contributed by atoms with Gasteiger partial charge in [-0.15, -0.1) is 0 Å². The van der Waals surface area contributed by atoms with E-state index in [1.54, 1.807) is 18.2 Å². The molecule has 0 saturated carbocycles. The average Bonchev–Trinajstić information content (AvgIpc) is 2.99. The highest BCUT2D eigenvalue weighted by molar-refractivity contribution is 5.91. The second-order valence-electron chi connectivity index (χ2n) is 5.98. The van der Waals surface area contributed by atoms with Gasteiger partial charge in [0, 0.05) is 16.5 Å². The number of aliphatic hydroxyl groups excluding tert-OH is 4. The lowest BCUT2D eigenvalue weighted by Gasteiger charge is -2.40. The number of benzene rings is 1. The first-order valence-electron chi connectivity index (χ1n) is 7.88. The predicted molar refractivity (Wildman–Crippen MR) is 86.9 cm³/mol. The normalized spacial score (nSPS) is 29.5. The first kappa shape index (κ1) is 17.7. The van der Waals surface area contributed by atoms with Crippen LogP contribution in [0.5, 0.6) is 5.75 Å². The minimum absolute atomic E-state index is 0.0325. The molecular weight excluding hydrogens is 328 g/mol. The summed E-state index contributed by atoms with van der Waals surface area (Å²) in [7, 11) is 1.52. The summed E-state index contributed by atoms with van der Waals surface area (Å²) in [6.45, 7) is -0.515. The third-order valence-electron chi connectivity index (χ3n) is 4.57. The van der Waals surface area contributed by atoms with Crippen molar-refractivity contribution in [2.24, 2.45) is 0 Å². The van der Waals surface area contributed by atoms with Gasteiger partial charge in [-0.2, -0.15) is 5.26 Å². The van der Waals surface area contributed by atoms with E-state index in [1.807, 2.05) is 0 Å². The Balaban J connectivity index is 2.14. The van der Waals surface area contributed by atoms with E-state index < -0.39 is 37.1 Å². The summed E-state index contributed by atoms with van der Waals surface area (Å²) in [5.74, 6) is 0.565. The second-order valence-corrected chi connectivity index (χ2v) is 5.98. The lowest BCUT2D eigenvalue weighted by molar-refractivity contribution is -0.232. The number of fused-ring (bicyclic) bond motifs is 1. The highest BCUT2D eigenvalue weighted by Gasteiger charge is 2.45. The minimum atomic E-state index is -1.49. The minimum Gasteiger partial charge on any atom is -0.496 e. The van der Waals surface area contributed by atoms with Crippen molar-refractivity contribution in [2.75, 3.05) is 13.7 Å². The van der Waals surface area contributed by atoms with Crippen LogP contribution in [0.3, 0.4) is 0 Å². The van der Waals surface area contributed by atoms with Crippen LogP contribution in [-0.2, 0) is 11.2 Å². The van der Waals surface area contributed by atoms with Crippen LogP contribution in [0.15, 0.2) is 18.2 Å². The van der Waals surface area contributed by atoms with E-state index in [0.717, 1.165) is 0 Å². The van der Waals surface area contributed by atoms with Gasteiger partial charge in [-0.1, -0.05) is 6.07 Å². The molecule has 0 radical (unpaired) electrons. The third kappa shape index (κ3) is 2.86. The van der Waals surface area contributed by atoms with Gasteiger partial charge in [0.25, 0.3) is 0 Å². The molecule has 1 aromatic carbocycles. The highest BCUT2D eigenvalue weighted by Crippen LogP contribution is 2.39. The molecule has 8 nitrogen and oxygen atoms in total. The summed E-state index contributed by atoms with van der Waals surface area (Å²) in [5, 5.41) is 49.6. The van der Waals surface area contributed by atoms with E-state index in [2.05, 4.69) is 11.1 Å². The van der Waals surface area contributed by atoms with Gasteiger partial charge >= 0.3 is 0 Å². The lowest BCUT2D eigenvalue weighted by Crippen LogP contribution is -2.55. The van der Waals surface area contributed by atoms with Crippen LogP contribution >= 0.6 is 0 Å². The van der Waals surface area contributed by atoms with Crippen LogP contribution in [-0.4, -0.2) is 63.5 Å². The van der Waals surface area contributed by atoms with Gasteiger partial charge in [0.1, 0.15) is 36.3 Å². The Hall–Kier alpha value is -2.15. The Kier molecular flexibility index (Phi) is 4.94. The molecule has 0 bridgehead atoms. The van der Waals surface area contributed by atoms with Crippen LogP contribution < -0.4 is 4.74 Å². The third-order valence-corrected chi connectivity index (χ3v) is 4.57. The molecular formula is C17H20N2O6. The number of hydrogen-bond donors (Lipinski definition) is 5. The molecule has 3 rings (SSSR count). The largest absolute Gasteiger partial charge is 0.496 e. The molecule has 5 N–H and O–H groups in total. The van der Waals surface area contributed by atoms with Gasteiger partial charge in [-0.05, 0) is 12.1 Å². The number of aromatic nitrogens is 1. The number of nitrogens with zero attached hydrogens (tertiary/aromatic N) is 1. The molecule has 25 heavy (non-hydrogen) atoms. The Morgan fingerprint density at radius 1 is 1.24 bits per heavy atom. The van der Waals surface area contributed by atoms with Crippen molar-refractivity contribution >= 4 is 10.9 Å². The zero-order chi connectivity index (χ0) is 18.1. The fourth-order valence-corrected chi connectivity index (χ4v) is 3.32. The summed E-state index contributed by atoms with van der Waals surface area (Å²) < 4.78 is 11.0. The maximum Gasteiger partial charge on any atom is 0.128 e. The van der Waals surface area contributed by atoms with E-state index in [0.29, 0.717) is 27.9 Å². The van der Waals surface area contributed by atoms with E-state index in [4.69, 9.17) is 9.47 Å². The molecule has 0 unspecified atom stereocenters. The molecule has 0 spiro atoms. The van der Waals surface area contributed by atoms with Crippen molar-refractivity contribution in [2.45, 2.75) is 36.9 Å². The number of ether oxygens (including phenoxy) is 2. The standard InChI is InChI=1S/C17H20N2O6/c1-24-10-4-2-3-9-12(10)8(5-6-18)13(19-9)17-16(23)15(22)14(21)11(7-20)25-17/h2-4,11,14-17,19-23H,5,7H2,1H3/t11-,14-,15+,16-,17+/m1/s1. The zero-order valence-corrected chi connectivity index (χ0v) is 13.6. The Morgan fingerprint density at radius 2 is 2.00 bits per heavy atom. The fourth-order valence-electron chi connectivity index (χ4n) is 3.32. The van der Waals surface area contributed by atoms with Crippen LogP contribution in [0.25, 0.3) is 10.9 Å². The highest BCUT2D eigenvalue weighted by atomic mass is 16.5. The van der Waals surface area contributed by atoms with Gasteiger partial charge in [0.15, 0.2) is 0 Å². The fraction of sp³-hybridized carbons (Fsp3) is 0.471. The number of rotatable bonds is 4.